The van der Waals surface area contributed by atoms with E-state index in [9.17, 15) is 61.0 Å². The maximum Gasteiger partial charge on any atom is 0.220 e. The minimum Gasteiger partial charge on any atom is -0.394 e. The van der Waals surface area contributed by atoms with Crippen molar-refractivity contribution in [2.24, 2.45) is 0 Å². The summed E-state index contributed by atoms with van der Waals surface area (Å²) in [6.45, 7) is 1.73. The van der Waals surface area contributed by atoms with Gasteiger partial charge in [0.2, 0.25) is 5.91 Å². The van der Waals surface area contributed by atoms with E-state index in [-0.39, 0.29) is 18.9 Å². The number of aliphatic hydroxyl groups is 11. The molecule has 19 heteroatoms. The van der Waals surface area contributed by atoms with Crippen LogP contribution < -0.4 is 5.32 Å². The van der Waals surface area contributed by atoms with Crippen molar-refractivity contribution in [2.45, 2.75) is 446 Å². The van der Waals surface area contributed by atoms with E-state index in [1.54, 1.807) is 6.08 Å². The molecule has 104 heavy (non-hydrogen) atoms. The number of aliphatic hydroxyl groups excluding tert-OH is 11. The van der Waals surface area contributed by atoms with Crippen molar-refractivity contribution in [1.82, 2.24) is 5.32 Å². The minimum atomic E-state index is -1.98. The Kier molecular flexibility index (Phi) is 60.0. The number of hydrogen-bond donors (Lipinski definition) is 12. The number of allylic oxidation sites excluding steroid dienone is 9. The van der Waals surface area contributed by atoms with Gasteiger partial charge in [-0.2, -0.15) is 0 Å². The van der Waals surface area contributed by atoms with Crippen LogP contribution in [0.3, 0.4) is 0 Å². The molecule has 17 unspecified atom stereocenters. The third-order valence-corrected chi connectivity index (χ3v) is 21.0. The lowest BCUT2D eigenvalue weighted by Gasteiger charge is -2.48. The zero-order valence-electron chi connectivity index (χ0n) is 65.3. The SMILES string of the molecule is CCCCCCC/C=C\C/C=C\CCCCCCCCCCCCCCCCCCCCCCCCCCCCCC(=O)NC(COC1OC(CO)C(OC2OC(CO)C(OC3OC(CO)C(O)C(O)C3O)C(O)C2O)C(O)C1O)C(O)/C=C/CC/C=C/CC/C=C/CCCCCCCCCCCC. The van der Waals surface area contributed by atoms with Gasteiger partial charge in [-0.3, -0.25) is 4.79 Å². The van der Waals surface area contributed by atoms with Gasteiger partial charge in [0, 0.05) is 6.42 Å². The smallest absolute Gasteiger partial charge is 0.220 e. The fourth-order valence-corrected chi connectivity index (χ4v) is 14.2. The zero-order valence-corrected chi connectivity index (χ0v) is 65.3. The van der Waals surface area contributed by atoms with E-state index >= 15 is 0 Å². The first-order valence-electron chi connectivity index (χ1n) is 42.5. The highest BCUT2D eigenvalue weighted by atomic mass is 16.8. The molecule has 3 saturated heterocycles. The standard InChI is InChI=1S/C85H155NO18/c1-3-5-7-9-11-13-15-17-19-21-23-25-26-27-28-29-30-31-32-33-34-35-36-37-38-39-40-41-42-43-45-47-49-51-53-55-57-59-61-63-73(91)86-68(69(90)62-60-58-56-54-52-50-48-46-44-24-22-20-18-16-14-12-10-8-6-4-2)67-99-83-79(97)76(94)81(71(65-88)101-83)104-85-80(98)77(95)82(72(66-89)102-85)103-84-78(96)75(93)74(92)70(64-87)100-84/h15,17,21,23,44,46,52,54,60,62,68-72,74-85,87-90,92-98H,3-14,16,18-20,22,24-43,45,47-51,53,55-59,61,63-67H2,1-2H3,(H,86,91)/b17-15-,23-21-,46-44+,54-52+,62-60+. The van der Waals surface area contributed by atoms with Crippen LogP contribution in [0, 0.1) is 0 Å². The molecule has 3 fully saturated rings. The molecule has 19 nitrogen and oxygen atoms in total. The van der Waals surface area contributed by atoms with E-state index in [0.29, 0.717) is 12.8 Å². The highest BCUT2D eigenvalue weighted by molar-refractivity contribution is 5.76. The van der Waals surface area contributed by atoms with Crippen LogP contribution in [0.15, 0.2) is 60.8 Å². The number of rotatable bonds is 68. The first-order chi connectivity index (χ1) is 50.8. The molecule has 3 rings (SSSR count). The Balaban J connectivity index is 1.31. The molecule has 608 valence electrons. The van der Waals surface area contributed by atoms with Crippen molar-refractivity contribution in [1.29, 1.82) is 0 Å². The molecule has 0 aromatic rings. The summed E-state index contributed by atoms with van der Waals surface area (Å²) in [5.41, 5.74) is 0. The molecule has 0 aliphatic carbocycles. The predicted molar refractivity (Wildman–Crippen MR) is 415 cm³/mol. The highest BCUT2D eigenvalue weighted by Gasteiger charge is 2.54. The average molecular weight is 1480 g/mol. The molecule has 0 saturated carbocycles. The number of ether oxygens (including phenoxy) is 6. The topological polar surface area (TPSA) is 307 Å². The molecule has 3 heterocycles. The molecule has 12 N–H and O–H groups in total. The summed E-state index contributed by atoms with van der Waals surface area (Å²) in [6, 6.07) is -0.998. The van der Waals surface area contributed by atoms with Gasteiger partial charge in [0.05, 0.1) is 38.6 Å². The van der Waals surface area contributed by atoms with Gasteiger partial charge in [0.25, 0.3) is 0 Å². The first kappa shape index (κ1) is 95.7. The third kappa shape index (κ3) is 44.4. The van der Waals surface area contributed by atoms with Crippen LogP contribution in [0.4, 0.5) is 0 Å². The van der Waals surface area contributed by atoms with E-state index in [0.717, 1.165) is 51.4 Å². The second kappa shape index (κ2) is 65.2. The monoisotopic (exact) mass is 1480 g/mol. The summed E-state index contributed by atoms with van der Waals surface area (Å²) < 4.78 is 34.4. The number of nitrogens with one attached hydrogen (secondary N) is 1. The highest BCUT2D eigenvalue weighted by Crippen LogP contribution is 2.33. The number of carbonyl (C=O) groups is 1. The van der Waals surface area contributed by atoms with Crippen molar-refractivity contribution in [3.05, 3.63) is 60.8 Å². The lowest BCUT2D eigenvalue weighted by atomic mass is 9.96. The second-order valence-corrected chi connectivity index (χ2v) is 30.3. The van der Waals surface area contributed by atoms with Crippen molar-refractivity contribution in [3.8, 4) is 0 Å². The Morgan fingerprint density at radius 1 is 0.346 bits per heavy atom. The quantitative estimate of drug-likeness (QED) is 0.0199. The fraction of sp³-hybridized carbons (Fsp3) is 0.871. The van der Waals surface area contributed by atoms with E-state index in [2.05, 4.69) is 67.8 Å². The Hall–Kier alpha value is -2.51. The van der Waals surface area contributed by atoms with Gasteiger partial charge >= 0.3 is 0 Å². The summed E-state index contributed by atoms with van der Waals surface area (Å²) >= 11 is 0. The van der Waals surface area contributed by atoms with Crippen molar-refractivity contribution in [2.75, 3.05) is 26.4 Å². The molecule has 0 bridgehead atoms. The zero-order chi connectivity index (χ0) is 75.3. The van der Waals surface area contributed by atoms with Gasteiger partial charge in [0.15, 0.2) is 18.9 Å². The fourth-order valence-electron chi connectivity index (χ4n) is 14.2. The summed E-state index contributed by atoms with van der Waals surface area (Å²) in [5.74, 6) is -0.284. The first-order valence-corrected chi connectivity index (χ1v) is 42.5. The van der Waals surface area contributed by atoms with E-state index in [1.165, 1.54) is 257 Å². The Morgan fingerprint density at radius 2 is 0.644 bits per heavy atom. The van der Waals surface area contributed by atoms with Crippen molar-refractivity contribution in [3.63, 3.8) is 0 Å². The van der Waals surface area contributed by atoms with Crippen LogP contribution in [0.5, 0.6) is 0 Å². The van der Waals surface area contributed by atoms with Gasteiger partial charge in [0.1, 0.15) is 73.2 Å². The molecule has 3 aliphatic heterocycles. The molecule has 0 aromatic carbocycles. The van der Waals surface area contributed by atoms with Crippen LogP contribution in [0.25, 0.3) is 0 Å². The lowest BCUT2D eigenvalue weighted by Crippen LogP contribution is -2.66. The van der Waals surface area contributed by atoms with Crippen LogP contribution in [-0.4, -0.2) is 193 Å². The molecule has 0 aromatic heterocycles. The summed E-state index contributed by atoms with van der Waals surface area (Å²) in [6.07, 6.45) is 58.1. The van der Waals surface area contributed by atoms with Crippen LogP contribution in [0.2, 0.25) is 0 Å². The number of carbonyl (C=O) groups excluding carboxylic acids is 1. The van der Waals surface area contributed by atoms with Gasteiger partial charge < -0.3 is 89.9 Å². The van der Waals surface area contributed by atoms with E-state index in [4.69, 9.17) is 28.4 Å². The molecule has 0 radical (unpaired) electrons. The number of hydrogen-bond acceptors (Lipinski definition) is 18. The molecule has 1 amide bonds. The van der Waals surface area contributed by atoms with Gasteiger partial charge in [-0.05, 0) is 77.0 Å². The van der Waals surface area contributed by atoms with Crippen LogP contribution >= 0.6 is 0 Å². The largest absolute Gasteiger partial charge is 0.394 e. The predicted octanol–water partition coefficient (Wildman–Crippen LogP) is 15.0. The Morgan fingerprint density at radius 3 is 1.02 bits per heavy atom. The van der Waals surface area contributed by atoms with Crippen LogP contribution in [0.1, 0.15) is 341 Å². The summed E-state index contributed by atoms with van der Waals surface area (Å²) in [7, 11) is 0. The van der Waals surface area contributed by atoms with E-state index < -0.39 is 124 Å². The normalized spacial score (nSPS) is 26.2. The summed E-state index contributed by atoms with van der Waals surface area (Å²) in [5, 5.41) is 121. The molecule has 17 atom stereocenters. The van der Waals surface area contributed by atoms with E-state index in [1.807, 2.05) is 6.08 Å². The maximum atomic E-state index is 13.5. The third-order valence-electron chi connectivity index (χ3n) is 21.0. The van der Waals surface area contributed by atoms with Crippen molar-refractivity contribution >= 4 is 5.91 Å². The van der Waals surface area contributed by atoms with Crippen molar-refractivity contribution < 1.29 is 89.4 Å². The Labute approximate surface area is 630 Å². The van der Waals surface area contributed by atoms with Gasteiger partial charge in [-0.15, -0.1) is 0 Å². The minimum absolute atomic E-state index is 0.234. The maximum absolute atomic E-state index is 13.5. The summed E-state index contributed by atoms with van der Waals surface area (Å²) in [4.78, 5) is 13.5. The number of amides is 1. The number of unbranched alkanes of at least 4 members (excludes halogenated alkanes) is 44. The lowest BCUT2D eigenvalue weighted by molar-refractivity contribution is -0.379. The molecular formula is C85H155NO18. The van der Waals surface area contributed by atoms with Gasteiger partial charge in [-0.25, -0.2) is 0 Å². The molecular weight excluding hydrogens is 1320 g/mol. The molecule has 0 spiro atoms. The molecule has 3 aliphatic rings. The second-order valence-electron chi connectivity index (χ2n) is 30.3. The Bertz CT molecular complexity index is 2110. The van der Waals surface area contributed by atoms with Crippen LogP contribution in [-0.2, 0) is 33.2 Å². The average Bonchev–Trinajstić information content (AvgIpc) is 0.783. The van der Waals surface area contributed by atoms with Gasteiger partial charge in [-0.1, -0.05) is 319 Å².